The zero-order valence-corrected chi connectivity index (χ0v) is 12.3. The lowest BCUT2D eigenvalue weighted by Gasteiger charge is -2.23. The molecule has 7 heteroatoms. The Kier molecular flexibility index (Phi) is 7.42. The summed E-state index contributed by atoms with van der Waals surface area (Å²) in [5.74, 6) is 0. The smallest absolute Gasteiger partial charge is 0.293 e. The van der Waals surface area contributed by atoms with Gasteiger partial charge in [-0.25, -0.2) is 0 Å². The van der Waals surface area contributed by atoms with Gasteiger partial charge in [-0.15, -0.1) is 0 Å². The Labute approximate surface area is 109 Å². The van der Waals surface area contributed by atoms with E-state index in [4.69, 9.17) is 0 Å². The molecule has 0 unspecified atom stereocenters. The van der Waals surface area contributed by atoms with Crippen molar-refractivity contribution in [2.45, 2.75) is 45.6 Å². The van der Waals surface area contributed by atoms with Crippen LogP contribution in [0.1, 0.15) is 40.0 Å². The summed E-state index contributed by atoms with van der Waals surface area (Å²) < 4.78 is 30.5. The lowest BCUT2D eigenvalue weighted by molar-refractivity contribution is -0.138. The van der Waals surface area contributed by atoms with Crippen LogP contribution in [0.5, 0.6) is 0 Å². The first kappa shape index (κ1) is 17.3. The van der Waals surface area contributed by atoms with Crippen molar-refractivity contribution < 1.29 is 22.2 Å². The van der Waals surface area contributed by atoms with E-state index < -0.39 is 10.1 Å². The first-order valence-electron chi connectivity index (χ1n) is 5.90. The maximum absolute atomic E-state index is 10.6. The third-order valence-corrected chi connectivity index (χ3v) is 2.44. The molecular formula is C11H23NO5S. The number of piperidine rings is 1. The van der Waals surface area contributed by atoms with Crippen LogP contribution >= 0.6 is 0 Å². The van der Waals surface area contributed by atoms with E-state index in [1.54, 1.807) is 0 Å². The molecule has 108 valence electrons. The van der Waals surface area contributed by atoms with Crippen LogP contribution in [0.2, 0.25) is 0 Å². The van der Waals surface area contributed by atoms with Gasteiger partial charge in [0, 0.05) is 13.1 Å². The fourth-order valence-corrected chi connectivity index (χ4v) is 1.81. The molecule has 6 nitrogen and oxygen atoms in total. The second kappa shape index (κ2) is 7.70. The number of hydrogen-bond donors (Lipinski definition) is 0. The fraction of sp³-hybridized carbons (Fsp3) is 0.909. The highest BCUT2D eigenvalue weighted by Crippen LogP contribution is 2.10. The molecule has 0 saturated carbocycles. The van der Waals surface area contributed by atoms with Gasteiger partial charge in [0.1, 0.15) is 5.60 Å². The zero-order valence-electron chi connectivity index (χ0n) is 11.5. The maximum Gasteiger partial charge on any atom is 0.293 e. The van der Waals surface area contributed by atoms with Crippen molar-refractivity contribution in [3.63, 3.8) is 0 Å². The summed E-state index contributed by atoms with van der Waals surface area (Å²) >= 11 is 0. The first-order chi connectivity index (χ1) is 8.14. The molecule has 0 aromatic heterocycles. The predicted molar refractivity (Wildman–Crippen MR) is 68.3 cm³/mol. The van der Waals surface area contributed by atoms with Gasteiger partial charge < -0.3 is 4.74 Å². The number of carbonyl (C=O) groups excluding carboxylic acids is 1. The molecule has 0 atom stereocenters. The standard InChI is InChI=1S/C6H13NO3S.C5H10O2/c1-11(8,9)10-7-5-3-2-4-6-7;1-5(2,3)7-4-6/h2-6H2,1H3;4H,1-3H3. The van der Waals surface area contributed by atoms with E-state index in [9.17, 15) is 13.2 Å². The molecule has 1 fully saturated rings. The number of carbonyl (C=O) groups is 1. The number of ether oxygens (including phenoxy) is 1. The van der Waals surface area contributed by atoms with Gasteiger partial charge in [0.2, 0.25) is 0 Å². The van der Waals surface area contributed by atoms with E-state index in [2.05, 4.69) is 9.02 Å². The van der Waals surface area contributed by atoms with Gasteiger partial charge in [-0.3, -0.25) is 4.79 Å². The van der Waals surface area contributed by atoms with E-state index in [0.29, 0.717) is 6.47 Å². The summed E-state index contributed by atoms with van der Waals surface area (Å²) in [7, 11) is -3.30. The third-order valence-electron chi connectivity index (χ3n) is 1.96. The molecule has 18 heavy (non-hydrogen) atoms. The summed E-state index contributed by atoms with van der Waals surface area (Å²) in [4.78, 5) is 9.60. The Bertz CT molecular complexity index is 328. The van der Waals surface area contributed by atoms with Gasteiger partial charge >= 0.3 is 0 Å². The highest BCUT2D eigenvalue weighted by atomic mass is 32.2. The van der Waals surface area contributed by atoms with Crippen LogP contribution in [0, 0.1) is 0 Å². The molecule has 0 amide bonds. The van der Waals surface area contributed by atoms with Crippen LogP contribution in [0.25, 0.3) is 0 Å². The average Bonchev–Trinajstić information content (AvgIpc) is 2.15. The summed E-state index contributed by atoms with van der Waals surface area (Å²) in [6.07, 6.45) is 4.29. The Hall–Kier alpha value is -0.660. The van der Waals surface area contributed by atoms with Crippen LogP contribution in [-0.2, 0) is 23.9 Å². The van der Waals surface area contributed by atoms with Gasteiger partial charge in [0.05, 0.1) is 6.26 Å². The minimum atomic E-state index is -3.30. The van der Waals surface area contributed by atoms with Crippen molar-refractivity contribution >= 4 is 16.6 Å². The maximum atomic E-state index is 10.6. The molecule has 0 bridgehead atoms. The number of hydrogen-bond acceptors (Lipinski definition) is 6. The van der Waals surface area contributed by atoms with Crippen molar-refractivity contribution in [3.05, 3.63) is 0 Å². The monoisotopic (exact) mass is 281 g/mol. The van der Waals surface area contributed by atoms with E-state index >= 15 is 0 Å². The minimum Gasteiger partial charge on any atom is -0.462 e. The molecule has 1 heterocycles. The molecule has 0 radical (unpaired) electrons. The Balaban J connectivity index is 0.000000360. The van der Waals surface area contributed by atoms with Gasteiger partial charge in [0.25, 0.3) is 16.6 Å². The van der Waals surface area contributed by atoms with E-state index in [-0.39, 0.29) is 5.60 Å². The van der Waals surface area contributed by atoms with Crippen LogP contribution in [0.15, 0.2) is 0 Å². The minimum absolute atomic E-state index is 0.318. The van der Waals surface area contributed by atoms with Gasteiger partial charge in [0.15, 0.2) is 0 Å². The van der Waals surface area contributed by atoms with E-state index in [0.717, 1.165) is 32.2 Å². The zero-order chi connectivity index (χ0) is 14.2. The second-order valence-electron chi connectivity index (χ2n) is 5.09. The molecule has 1 aliphatic rings. The van der Waals surface area contributed by atoms with Crippen molar-refractivity contribution in [2.75, 3.05) is 19.3 Å². The largest absolute Gasteiger partial charge is 0.462 e. The molecule has 0 aromatic rings. The highest BCUT2D eigenvalue weighted by molar-refractivity contribution is 7.85. The average molecular weight is 281 g/mol. The molecule has 0 spiro atoms. The number of hydroxylamine groups is 2. The molecule has 0 aromatic carbocycles. The summed E-state index contributed by atoms with van der Waals surface area (Å²) in [6, 6.07) is 0. The topological polar surface area (TPSA) is 72.9 Å². The summed E-state index contributed by atoms with van der Waals surface area (Å²) in [5, 5.41) is 1.51. The quantitative estimate of drug-likeness (QED) is 0.726. The summed E-state index contributed by atoms with van der Waals surface area (Å²) in [6.45, 7) is 7.38. The van der Waals surface area contributed by atoms with E-state index in [1.165, 1.54) is 11.5 Å². The van der Waals surface area contributed by atoms with Gasteiger partial charge in [-0.05, 0) is 33.6 Å². The van der Waals surface area contributed by atoms with Crippen LogP contribution in [0.3, 0.4) is 0 Å². The van der Waals surface area contributed by atoms with Crippen molar-refractivity contribution in [2.24, 2.45) is 0 Å². The molecule has 1 aliphatic heterocycles. The lowest BCUT2D eigenvalue weighted by Crippen LogP contribution is -2.31. The highest BCUT2D eigenvalue weighted by Gasteiger charge is 2.15. The van der Waals surface area contributed by atoms with Crippen LogP contribution in [0.4, 0.5) is 0 Å². The predicted octanol–water partition coefficient (Wildman–Crippen LogP) is 1.32. The summed E-state index contributed by atoms with van der Waals surface area (Å²) in [5.41, 5.74) is -0.318. The van der Waals surface area contributed by atoms with Gasteiger partial charge in [-0.1, -0.05) is 6.42 Å². The Morgan fingerprint density at radius 3 is 1.89 bits per heavy atom. The lowest BCUT2D eigenvalue weighted by atomic mass is 10.2. The Morgan fingerprint density at radius 2 is 1.61 bits per heavy atom. The molecule has 0 N–H and O–H groups in total. The Morgan fingerprint density at radius 1 is 1.11 bits per heavy atom. The van der Waals surface area contributed by atoms with E-state index in [1.807, 2.05) is 20.8 Å². The number of rotatable bonds is 3. The molecular weight excluding hydrogens is 258 g/mol. The third kappa shape index (κ3) is 11.8. The molecule has 0 aliphatic carbocycles. The number of nitrogens with zero attached hydrogens (tertiary/aromatic N) is 1. The SMILES string of the molecule is CC(C)(C)OC=O.CS(=O)(=O)ON1CCCCC1. The molecule has 1 rings (SSSR count). The normalized spacial score (nSPS) is 17.6. The molecule has 1 saturated heterocycles. The van der Waals surface area contributed by atoms with Gasteiger partial charge in [-0.2, -0.15) is 17.8 Å². The van der Waals surface area contributed by atoms with Crippen molar-refractivity contribution in [1.82, 2.24) is 5.06 Å². The van der Waals surface area contributed by atoms with Crippen LogP contribution in [-0.4, -0.2) is 44.9 Å². The van der Waals surface area contributed by atoms with Crippen molar-refractivity contribution in [1.29, 1.82) is 0 Å². The van der Waals surface area contributed by atoms with Crippen molar-refractivity contribution in [3.8, 4) is 0 Å². The second-order valence-corrected chi connectivity index (χ2v) is 6.65. The van der Waals surface area contributed by atoms with Crippen LogP contribution < -0.4 is 0 Å². The fourth-order valence-electron chi connectivity index (χ4n) is 1.28. The first-order valence-corrected chi connectivity index (χ1v) is 7.72.